The van der Waals surface area contributed by atoms with E-state index in [-0.39, 0.29) is 34.8 Å². The smallest absolute Gasteiger partial charge is 0.164 e. The maximum Gasteiger partial charge on any atom is 0.164 e. The largest absolute Gasteiger partial charge is 0.486 e. The highest BCUT2D eigenvalue weighted by Gasteiger charge is 2.12. The molecule has 0 fully saturated rings. The molecule has 1 heterocycles. The zero-order valence-electron chi connectivity index (χ0n) is 17.3. The first-order chi connectivity index (χ1) is 15.4. The van der Waals surface area contributed by atoms with Crippen molar-refractivity contribution in [3.8, 4) is 11.8 Å². The lowest BCUT2D eigenvalue weighted by Crippen LogP contribution is -2.03. The Hall–Kier alpha value is -3.18. The van der Waals surface area contributed by atoms with Gasteiger partial charge < -0.3 is 9.47 Å². The highest BCUT2D eigenvalue weighted by atomic mass is 35.5. The number of halogens is 3. The van der Waals surface area contributed by atoms with Crippen LogP contribution >= 0.6 is 23.2 Å². The van der Waals surface area contributed by atoms with Crippen LogP contribution in [0.15, 0.2) is 47.6 Å². The number of methoxy groups -OCH3 is 1. The summed E-state index contributed by atoms with van der Waals surface area (Å²) in [4.78, 5) is 4.32. The molecule has 2 aromatic carbocycles. The number of pyridine rings is 1. The van der Waals surface area contributed by atoms with Crippen molar-refractivity contribution in [1.29, 1.82) is 5.26 Å². The van der Waals surface area contributed by atoms with Crippen molar-refractivity contribution in [3.63, 3.8) is 0 Å². The maximum atomic E-state index is 13.8. The molecular formula is C23H19Cl2FN4O2. The fourth-order valence-electron chi connectivity index (χ4n) is 2.94. The molecule has 0 radical (unpaired) electrons. The van der Waals surface area contributed by atoms with Gasteiger partial charge in [-0.2, -0.15) is 10.4 Å². The van der Waals surface area contributed by atoms with Crippen molar-refractivity contribution >= 4 is 35.2 Å². The Labute approximate surface area is 195 Å². The average molecular weight is 473 g/mol. The summed E-state index contributed by atoms with van der Waals surface area (Å²) < 4.78 is 24.5. The van der Waals surface area contributed by atoms with Gasteiger partial charge in [0.15, 0.2) is 11.6 Å². The molecule has 3 rings (SSSR count). The van der Waals surface area contributed by atoms with Crippen LogP contribution in [0.2, 0.25) is 10.0 Å². The average Bonchev–Trinajstić information content (AvgIpc) is 2.74. The minimum atomic E-state index is -0.371. The van der Waals surface area contributed by atoms with Gasteiger partial charge in [-0.15, -0.1) is 0 Å². The molecule has 0 aliphatic carbocycles. The number of nitrogens with zero attached hydrogens (tertiary/aromatic N) is 3. The summed E-state index contributed by atoms with van der Waals surface area (Å²) in [6.07, 6.45) is 1.49. The van der Waals surface area contributed by atoms with Crippen LogP contribution in [-0.2, 0) is 18.0 Å². The summed E-state index contributed by atoms with van der Waals surface area (Å²) in [5, 5.41) is 14.1. The predicted molar refractivity (Wildman–Crippen MR) is 123 cm³/mol. The minimum absolute atomic E-state index is 0.0130. The van der Waals surface area contributed by atoms with E-state index >= 15 is 0 Å². The van der Waals surface area contributed by atoms with E-state index in [0.29, 0.717) is 28.1 Å². The molecule has 164 valence electrons. The van der Waals surface area contributed by atoms with Crippen molar-refractivity contribution in [1.82, 2.24) is 4.98 Å². The number of hydrogen-bond acceptors (Lipinski definition) is 6. The SMILES string of the molecule is COCc1cc(C)nc(N/N=C/c2cc(Cl)c(OCc3ccccc3F)c(Cl)c2)c1C#N. The molecule has 9 heteroatoms. The number of aryl methyl sites for hydroxylation is 1. The summed E-state index contributed by atoms with van der Waals surface area (Å²) >= 11 is 12.6. The number of aromatic nitrogens is 1. The lowest BCUT2D eigenvalue weighted by Gasteiger charge is -2.11. The fraction of sp³-hybridized carbons (Fsp3) is 0.174. The van der Waals surface area contributed by atoms with Crippen LogP contribution < -0.4 is 10.2 Å². The van der Waals surface area contributed by atoms with Crippen LogP contribution in [0.5, 0.6) is 5.75 Å². The molecule has 3 aromatic rings. The van der Waals surface area contributed by atoms with Gasteiger partial charge in [-0.3, -0.25) is 5.43 Å². The fourth-order valence-corrected chi connectivity index (χ4v) is 3.55. The van der Waals surface area contributed by atoms with Crippen molar-refractivity contribution < 1.29 is 13.9 Å². The topological polar surface area (TPSA) is 79.5 Å². The molecule has 0 spiro atoms. The summed E-state index contributed by atoms with van der Waals surface area (Å²) in [6.45, 7) is 2.08. The molecule has 0 atom stereocenters. The van der Waals surface area contributed by atoms with Gasteiger partial charge in [-0.05, 0) is 36.8 Å². The number of hydrogen-bond donors (Lipinski definition) is 1. The molecule has 1 N–H and O–H groups in total. The van der Waals surface area contributed by atoms with Gasteiger partial charge >= 0.3 is 0 Å². The number of nitrogens with one attached hydrogen (secondary N) is 1. The Balaban J connectivity index is 1.75. The Bertz CT molecular complexity index is 1170. The first-order valence-electron chi connectivity index (χ1n) is 9.46. The molecule has 0 bridgehead atoms. The Kier molecular flexibility index (Phi) is 8.01. The standard InChI is InChI=1S/C23H19Cl2FN4O2/c1-14-7-17(12-31-2)18(10-27)23(29-14)30-28-11-15-8-19(24)22(20(25)9-15)32-13-16-5-3-4-6-21(16)26/h3-9,11H,12-13H2,1-2H3,(H,29,30)/b28-11+. The van der Waals surface area contributed by atoms with E-state index in [1.165, 1.54) is 12.3 Å². The third-order valence-corrected chi connectivity index (χ3v) is 4.94. The molecule has 6 nitrogen and oxygen atoms in total. The molecular weight excluding hydrogens is 454 g/mol. The second-order valence-corrected chi connectivity index (χ2v) is 7.57. The van der Waals surface area contributed by atoms with Gasteiger partial charge in [0.1, 0.15) is 24.1 Å². The number of benzene rings is 2. The van der Waals surface area contributed by atoms with Crippen molar-refractivity contribution in [2.45, 2.75) is 20.1 Å². The molecule has 0 saturated heterocycles. The number of nitriles is 1. The summed E-state index contributed by atoms with van der Waals surface area (Å²) in [5.41, 5.74) is 5.54. The Morgan fingerprint density at radius 1 is 1.16 bits per heavy atom. The van der Waals surface area contributed by atoms with Crippen LogP contribution in [0.25, 0.3) is 0 Å². The van der Waals surface area contributed by atoms with E-state index in [0.717, 1.165) is 5.69 Å². The second kappa shape index (κ2) is 10.9. The first kappa shape index (κ1) is 23.5. The summed E-state index contributed by atoms with van der Waals surface area (Å²) in [5.74, 6) is 0.195. The monoisotopic (exact) mass is 472 g/mol. The molecule has 1 aromatic heterocycles. The maximum absolute atomic E-state index is 13.8. The van der Waals surface area contributed by atoms with Gasteiger partial charge in [0, 0.05) is 23.9 Å². The number of rotatable bonds is 8. The second-order valence-electron chi connectivity index (χ2n) is 6.75. The van der Waals surface area contributed by atoms with E-state index in [9.17, 15) is 9.65 Å². The van der Waals surface area contributed by atoms with Crippen LogP contribution in [0.1, 0.15) is 27.9 Å². The third kappa shape index (κ3) is 5.74. The minimum Gasteiger partial charge on any atom is -0.486 e. The van der Waals surface area contributed by atoms with Gasteiger partial charge in [0.05, 0.1) is 22.9 Å². The van der Waals surface area contributed by atoms with Gasteiger partial charge in [0.25, 0.3) is 0 Å². The summed E-state index contributed by atoms with van der Waals surface area (Å²) in [7, 11) is 1.55. The lowest BCUT2D eigenvalue weighted by molar-refractivity contribution is 0.184. The van der Waals surface area contributed by atoms with Gasteiger partial charge in [0.2, 0.25) is 0 Å². The Morgan fingerprint density at radius 3 is 2.53 bits per heavy atom. The molecule has 0 aliphatic rings. The van der Waals surface area contributed by atoms with Crippen LogP contribution in [0, 0.1) is 24.1 Å². The number of anilines is 1. The molecule has 0 saturated carbocycles. The zero-order valence-corrected chi connectivity index (χ0v) is 18.8. The molecule has 32 heavy (non-hydrogen) atoms. The van der Waals surface area contributed by atoms with Crippen molar-refractivity contribution in [3.05, 3.63) is 86.3 Å². The van der Waals surface area contributed by atoms with Crippen molar-refractivity contribution in [2.24, 2.45) is 5.10 Å². The predicted octanol–water partition coefficient (Wildman–Crippen LogP) is 5.88. The van der Waals surface area contributed by atoms with E-state index < -0.39 is 0 Å². The highest BCUT2D eigenvalue weighted by Crippen LogP contribution is 2.34. The van der Waals surface area contributed by atoms with Gasteiger partial charge in [-0.25, -0.2) is 9.37 Å². The number of hydrazone groups is 1. The van der Waals surface area contributed by atoms with E-state index in [1.54, 1.807) is 43.5 Å². The molecule has 0 amide bonds. The Morgan fingerprint density at radius 2 is 1.88 bits per heavy atom. The molecule has 0 unspecified atom stereocenters. The zero-order chi connectivity index (χ0) is 23.1. The van der Waals surface area contributed by atoms with Crippen molar-refractivity contribution in [2.75, 3.05) is 12.5 Å². The van der Waals surface area contributed by atoms with E-state index in [2.05, 4.69) is 21.6 Å². The van der Waals surface area contributed by atoms with Crippen LogP contribution in [-0.4, -0.2) is 18.3 Å². The van der Waals surface area contributed by atoms with E-state index in [1.807, 2.05) is 6.92 Å². The third-order valence-electron chi connectivity index (χ3n) is 4.38. The highest BCUT2D eigenvalue weighted by molar-refractivity contribution is 6.37. The lowest BCUT2D eigenvalue weighted by atomic mass is 10.1. The first-order valence-corrected chi connectivity index (χ1v) is 10.2. The van der Waals surface area contributed by atoms with Crippen LogP contribution in [0.4, 0.5) is 10.2 Å². The quantitative estimate of drug-likeness (QED) is 0.327. The number of ether oxygens (including phenoxy) is 2. The summed E-state index contributed by atoms with van der Waals surface area (Å²) in [6, 6.07) is 13.4. The van der Waals surface area contributed by atoms with Crippen LogP contribution in [0.3, 0.4) is 0 Å². The normalized spacial score (nSPS) is 10.9. The van der Waals surface area contributed by atoms with Gasteiger partial charge in [-0.1, -0.05) is 41.4 Å². The molecule has 0 aliphatic heterocycles. The van der Waals surface area contributed by atoms with E-state index in [4.69, 9.17) is 32.7 Å².